The van der Waals surface area contributed by atoms with Crippen molar-refractivity contribution in [1.82, 2.24) is 9.88 Å². The van der Waals surface area contributed by atoms with Gasteiger partial charge < -0.3 is 10.6 Å². The number of hydrogen-bond donors (Lipinski definition) is 1. The Morgan fingerprint density at radius 3 is 1.98 bits per heavy atom. The number of anilines is 1. The first-order valence-electron chi connectivity index (χ1n) is 15.8. The molecule has 1 aliphatic rings. The number of aromatic nitrogens is 1. The lowest BCUT2D eigenvalue weighted by atomic mass is 9.75. The van der Waals surface area contributed by atoms with Gasteiger partial charge in [-0.15, -0.1) is 0 Å². The normalized spacial score (nSPS) is 14.4. The molecule has 2 N–H and O–H groups in total. The Kier molecular flexibility index (Phi) is 9.26. The molecular formula is C38H39FN4OS. The largest absolute Gasteiger partial charge is 0.399 e. The van der Waals surface area contributed by atoms with Crippen molar-refractivity contribution >= 4 is 32.6 Å². The molecule has 4 aromatic carbocycles. The molecule has 5 nitrogen and oxygen atoms in total. The molecule has 1 fully saturated rings. The summed E-state index contributed by atoms with van der Waals surface area (Å²) in [5.41, 5.74) is 10.7. The zero-order valence-electron chi connectivity index (χ0n) is 25.6. The smallest absolute Gasteiger partial charge is 0.232 e. The average molecular weight is 619 g/mol. The Balaban J connectivity index is 1.45. The maximum Gasteiger partial charge on any atom is 0.232 e. The van der Waals surface area contributed by atoms with E-state index in [0.717, 1.165) is 53.5 Å². The topological polar surface area (TPSA) is 62.5 Å². The Hall–Kier alpha value is -4.49. The Bertz CT molecular complexity index is 1650. The lowest BCUT2D eigenvalue weighted by Crippen LogP contribution is -2.46. The molecule has 0 radical (unpaired) electrons. The van der Waals surface area contributed by atoms with Crippen LogP contribution in [-0.4, -0.2) is 28.9 Å². The van der Waals surface area contributed by atoms with Crippen molar-refractivity contribution in [2.75, 3.05) is 18.0 Å². The first kappa shape index (κ1) is 30.5. The van der Waals surface area contributed by atoms with E-state index in [1.165, 1.54) is 23.5 Å². The van der Waals surface area contributed by atoms with E-state index in [4.69, 9.17) is 10.7 Å². The van der Waals surface area contributed by atoms with Crippen LogP contribution < -0.4 is 10.6 Å². The Morgan fingerprint density at radius 2 is 1.44 bits per heavy atom. The van der Waals surface area contributed by atoms with Crippen molar-refractivity contribution in [2.24, 2.45) is 11.7 Å². The van der Waals surface area contributed by atoms with Crippen LogP contribution in [0.5, 0.6) is 0 Å². The molecule has 1 amide bonds. The van der Waals surface area contributed by atoms with Crippen molar-refractivity contribution in [1.29, 1.82) is 0 Å². The minimum absolute atomic E-state index is 0.0362. The van der Waals surface area contributed by atoms with Crippen LogP contribution in [0.1, 0.15) is 55.7 Å². The standard InChI is InChI=1S/C38H39FN4OS/c1-2-42(38(29-17-9-4-10-18-29,30-19-11-5-12-20-30)31-21-13-6-14-22-31)26-33(40)27-43(36(44)28-15-7-3-8-16-28)37-41-34-25-32(39)23-24-35(34)45-37/h4-6,9-14,17-26,28H,2-3,7-8,15-16,27,40H2,1H3/b33-26-. The molecule has 0 bridgehead atoms. The molecule has 1 aromatic heterocycles. The summed E-state index contributed by atoms with van der Waals surface area (Å²) in [5, 5.41) is 0.547. The van der Waals surface area contributed by atoms with E-state index < -0.39 is 5.54 Å². The number of carbonyl (C=O) groups excluding carboxylic acids is 1. The lowest BCUT2D eigenvalue weighted by Gasteiger charge is -2.45. The van der Waals surface area contributed by atoms with Crippen molar-refractivity contribution in [3.05, 3.63) is 144 Å². The third-order valence-corrected chi connectivity index (χ3v) is 9.86. The molecule has 0 atom stereocenters. The van der Waals surface area contributed by atoms with E-state index in [-0.39, 0.29) is 24.2 Å². The molecule has 1 heterocycles. The van der Waals surface area contributed by atoms with E-state index >= 15 is 0 Å². The quantitative estimate of drug-likeness (QED) is 0.160. The summed E-state index contributed by atoms with van der Waals surface area (Å²) in [6.07, 6.45) is 6.95. The van der Waals surface area contributed by atoms with Gasteiger partial charge in [0.1, 0.15) is 11.4 Å². The van der Waals surface area contributed by atoms with Gasteiger partial charge in [0.25, 0.3) is 0 Å². The summed E-state index contributed by atoms with van der Waals surface area (Å²) < 4.78 is 14.9. The Morgan fingerprint density at radius 1 is 0.889 bits per heavy atom. The minimum atomic E-state index is -0.686. The first-order chi connectivity index (χ1) is 22.0. The highest BCUT2D eigenvalue weighted by molar-refractivity contribution is 7.22. The van der Waals surface area contributed by atoms with Crippen molar-refractivity contribution in [2.45, 2.75) is 44.6 Å². The number of hydrogen-bond acceptors (Lipinski definition) is 5. The summed E-state index contributed by atoms with van der Waals surface area (Å²) in [6, 6.07) is 36.0. The number of carbonyl (C=O) groups is 1. The number of benzene rings is 4. The van der Waals surface area contributed by atoms with E-state index in [1.54, 1.807) is 11.0 Å². The summed E-state index contributed by atoms with van der Waals surface area (Å²) >= 11 is 1.40. The van der Waals surface area contributed by atoms with Crippen LogP contribution in [-0.2, 0) is 10.3 Å². The van der Waals surface area contributed by atoms with Gasteiger partial charge in [0.05, 0.1) is 16.8 Å². The molecule has 1 aliphatic carbocycles. The number of thiazole rings is 1. The number of nitrogens with two attached hydrogens (primary N) is 1. The van der Waals surface area contributed by atoms with Gasteiger partial charge in [0.15, 0.2) is 5.13 Å². The maximum atomic E-state index is 14.1. The van der Waals surface area contributed by atoms with Crippen molar-refractivity contribution < 1.29 is 9.18 Å². The third-order valence-electron chi connectivity index (χ3n) is 8.80. The zero-order valence-corrected chi connectivity index (χ0v) is 26.4. The molecular weight excluding hydrogens is 580 g/mol. The van der Waals surface area contributed by atoms with Gasteiger partial charge in [-0.3, -0.25) is 9.69 Å². The molecule has 0 aliphatic heterocycles. The van der Waals surface area contributed by atoms with Gasteiger partial charge in [-0.1, -0.05) is 122 Å². The third kappa shape index (κ3) is 6.22. The Labute approximate surface area is 268 Å². The average Bonchev–Trinajstić information content (AvgIpc) is 3.51. The van der Waals surface area contributed by atoms with Crippen LogP contribution >= 0.6 is 11.3 Å². The van der Waals surface area contributed by atoms with Crippen molar-refractivity contribution in [3.8, 4) is 0 Å². The number of rotatable bonds is 10. The summed E-state index contributed by atoms with van der Waals surface area (Å²) in [6.45, 7) is 2.96. The zero-order chi connectivity index (χ0) is 31.2. The van der Waals surface area contributed by atoms with Gasteiger partial charge in [0.2, 0.25) is 5.91 Å². The van der Waals surface area contributed by atoms with Crippen LogP contribution in [0.25, 0.3) is 10.2 Å². The molecule has 5 aromatic rings. The fourth-order valence-corrected chi connectivity index (χ4v) is 7.65. The second-order valence-electron chi connectivity index (χ2n) is 11.7. The van der Waals surface area contributed by atoms with Gasteiger partial charge in [-0.05, 0) is 48.6 Å². The van der Waals surface area contributed by atoms with E-state index in [9.17, 15) is 9.18 Å². The first-order valence-corrected chi connectivity index (χ1v) is 16.6. The van der Waals surface area contributed by atoms with Crippen LogP contribution in [0.3, 0.4) is 0 Å². The van der Waals surface area contributed by atoms with E-state index in [0.29, 0.717) is 22.9 Å². The van der Waals surface area contributed by atoms with Gasteiger partial charge in [-0.2, -0.15) is 0 Å². The second-order valence-corrected chi connectivity index (χ2v) is 12.7. The second kappa shape index (κ2) is 13.7. The molecule has 1 saturated carbocycles. The highest BCUT2D eigenvalue weighted by Crippen LogP contribution is 2.43. The lowest BCUT2D eigenvalue weighted by molar-refractivity contribution is -0.123. The fraction of sp³-hybridized carbons (Fsp3) is 0.263. The number of halogens is 1. The summed E-state index contributed by atoms with van der Waals surface area (Å²) in [4.78, 5) is 22.8. The van der Waals surface area contributed by atoms with Gasteiger partial charge in [-0.25, -0.2) is 9.37 Å². The van der Waals surface area contributed by atoms with Crippen LogP contribution in [0, 0.1) is 11.7 Å². The molecule has 7 heteroatoms. The summed E-state index contributed by atoms with van der Waals surface area (Å²) in [7, 11) is 0. The SMILES string of the molecule is CCN(/C=C(\N)CN(C(=O)C1CCCCC1)c1nc2cc(F)ccc2s1)C(c1ccccc1)(c1ccccc1)c1ccccc1. The minimum Gasteiger partial charge on any atom is -0.399 e. The molecule has 6 rings (SSSR count). The number of nitrogens with zero attached hydrogens (tertiary/aromatic N) is 3. The predicted molar refractivity (Wildman–Crippen MR) is 182 cm³/mol. The maximum absolute atomic E-state index is 14.1. The number of amides is 1. The molecule has 0 unspecified atom stereocenters. The van der Waals surface area contributed by atoms with E-state index in [1.807, 2.05) is 24.4 Å². The van der Waals surface area contributed by atoms with Crippen molar-refractivity contribution in [3.63, 3.8) is 0 Å². The highest BCUT2D eigenvalue weighted by atomic mass is 32.1. The van der Waals surface area contributed by atoms with Crippen LogP contribution in [0.2, 0.25) is 0 Å². The summed E-state index contributed by atoms with van der Waals surface area (Å²) in [5.74, 6) is -0.384. The van der Waals surface area contributed by atoms with Crippen LogP contribution in [0.15, 0.2) is 121 Å². The fourth-order valence-electron chi connectivity index (χ4n) is 6.70. The molecule has 230 valence electrons. The molecule has 45 heavy (non-hydrogen) atoms. The molecule has 0 spiro atoms. The predicted octanol–water partition coefficient (Wildman–Crippen LogP) is 8.46. The van der Waals surface area contributed by atoms with Crippen LogP contribution in [0.4, 0.5) is 9.52 Å². The number of fused-ring (bicyclic) bond motifs is 1. The molecule has 0 saturated heterocycles. The monoisotopic (exact) mass is 618 g/mol. The highest BCUT2D eigenvalue weighted by Gasteiger charge is 2.40. The van der Waals surface area contributed by atoms with Gasteiger partial charge >= 0.3 is 0 Å². The van der Waals surface area contributed by atoms with E-state index in [2.05, 4.69) is 84.6 Å². The van der Waals surface area contributed by atoms with Gasteiger partial charge in [0, 0.05) is 30.4 Å².